The molecule has 1 saturated heterocycles. The zero-order valence-corrected chi connectivity index (χ0v) is 19.3. The first kappa shape index (κ1) is 23.3. The van der Waals surface area contributed by atoms with Gasteiger partial charge in [0, 0.05) is 23.6 Å². The van der Waals surface area contributed by atoms with Crippen molar-refractivity contribution in [2.75, 3.05) is 19.8 Å². The second-order valence-electron chi connectivity index (χ2n) is 7.36. The summed E-state index contributed by atoms with van der Waals surface area (Å²) in [6.45, 7) is 6.98. The topological polar surface area (TPSA) is 76.1 Å². The summed E-state index contributed by atoms with van der Waals surface area (Å²) in [4.78, 5) is 28.2. The second kappa shape index (κ2) is 10.3. The van der Waals surface area contributed by atoms with Gasteiger partial charge in [0.25, 0.3) is 11.7 Å². The number of rotatable bonds is 9. The fourth-order valence-corrected chi connectivity index (χ4v) is 4.55. The molecule has 1 fully saturated rings. The maximum Gasteiger partial charge on any atom is 0.295 e. The fourth-order valence-electron chi connectivity index (χ4n) is 3.49. The Bertz CT molecular complexity index is 970. The first-order chi connectivity index (χ1) is 14.8. The van der Waals surface area contributed by atoms with Crippen molar-refractivity contribution in [2.24, 2.45) is 0 Å². The van der Waals surface area contributed by atoms with Crippen LogP contribution in [-0.4, -0.2) is 47.6 Å². The number of amides is 1. The van der Waals surface area contributed by atoms with E-state index in [0.717, 1.165) is 4.88 Å². The second-order valence-corrected chi connectivity index (χ2v) is 8.74. The third-order valence-electron chi connectivity index (χ3n) is 4.85. The third kappa shape index (κ3) is 5.11. The predicted octanol–water partition coefficient (Wildman–Crippen LogP) is 5.04. The molecule has 1 amide bonds. The first-order valence-electron chi connectivity index (χ1n) is 10.2. The van der Waals surface area contributed by atoms with Gasteiger partial charge in [-0.3, -0.25) is 9.59 Å². The average Bonchev–Trinajstić information content (AvgIpc) is 3.34. The Morgan fingerprint density at radius 2 is 2.06 bits per heavy atom. The largest absolute Gasteiger partial charge is 0.507 e. The SMILES string of the molecule is CCOc1ccc(Cl)c(/C(O)=C2/C(=O)C(=O)N(CCCOC(C)C)C2c2cccs2)c1. The summed E-state index contributed by atoms with van der Waals surface area (Å²) in [5.41, 5.74) is 0.295. The molecular formula is C23H26ClNO5S. The highest BCUT2D eigenvalue weighted by molar-refractivity contribution is 7.10. The Morgan fingerprint density at radius 1 is 1.29 bits per heavy atom. The van der Waals surface area contributed by atoms with Gasteiger partial charge < -0.3 is 19.5 Å². The lowest BCUT2D eigenvalue weighted by atomic mass is 9.99. The summed E-state index contributed by atoms with van der Waals surface area (Å²) in [7, 11) is 0. The number of hydrogen-bond donors (Lipinski definition) is 1. The smallest absolute Gasteiger partial charge is 0.295 e. The van der Waals surface area contributed by atoms with Crippen LogP contribution >= 0.6 is 22.9 Å². The van der Waals surface area contributed by atoms with Gasteiger partial charge in [-0.25, -0.2) is 0 Å². The molecule has 3 rings (SSSR count). The molecule has 1 atom stereocenters. The fraction of sp³-hybridized carbons (Fsp3) is 0.391. The minimum atomic E-state index is -0.724. The normalized spacial score (nSPS) is 18.2. The summed E-state index contributed by atoms with van der Waals surface area (Å²) in [6, 6.07) is 7.89. The highest BCUT2D eigenvalue weighted by atomic mass is 35.5. The van der Waals surface area contributed by atoms with Crippen molar-refractivity contribution in [1.82, 2.24) is 4.90 Å². The van der Waals surface area contributed by atoms with Gasteiger partial charge in [-0.15, -0.1) is 11.3 Å². The molecule has 1 aromatic carbocycles. The lowest BCUT2D eigenvalue weighted by molar-refractivity contribution is -0.140. The maximum absolute atomic E-state index is 13.0. The van der Waals surface area contributed by atoms with E-state index >= 15 is 0 Å². The van der Waals surface area contributed by atoms with E-state index in [4.69, 9.17) is 21.1 Å². The zero-order chi connectivity index (χ0) is 22.5. The average molecular weight is 464 g/mol. The Kier molecular flexibility index (Phi) is 7.75. The lowest BCUT2D eigenvalue weighted by Crippen LogP contribution is -2.31. The van der Waals surface area contributed by atoms with Crippen molar-refractivity contribution in [3.05, 3.63) is 56.7 Å². The summed E-state index contributed by atoms with van der Waals surface area (Å²) in [5, 5.41) is 13.3. The number of nitrogens with zero attached hydrogens (tertiary/aromatic N) is 1. The molecule has 1 aliphatic rings. The number of aliphatic hydroxyl groups excluding tert-OH is 1. The van der Waals surface area contributed by atoms with Crippen LogP contribution in [0.15, 0.2) is 41.3 Å². The van der Waals surface area contributed by atoms with Crippen LogP contribution in [-0.2, 0) is 14.3 Å². The van der Waals surface area contributed by atoms with Crippen LogP contribution in [0.25, 0.3) is 5.76 Å². The molecule has 31 heavy (non-hydrogen) atoms. The number of halogens is 1. The van der Waals surface area contributed by atoms with Gasteiger partial charge in [0.1, 0.15) is 11.5 Å². The number of carbonyl (C=O) groups is 2. The first-order valence-corrected chi connectivity index (χ1v) is 11.5. The van der Waals surface area contributed by atoms with E-state index in [9.17, 15) is 14.7 Å². The van der Waals surface area contributed by atoms with E-state index in [1.54, 1.807) is 18.2 Å². The van der Waals surface area contributed by atoms with Crippen LogP contribution in [0.3, 0.4) is 0 Å². The van der Waals surface area contributed by atoms with Crippen molar-refractivity contribution < 1.29 is 24.2 Å². The van der Waals surface area contributed by atoms with Crippen LogP contribution in [0.1, 0.15) is 43.7 Å². The minimum Gasteiger partial charge on any atom is -0.507 e. The molecule has 0 saturated carbocycles. The van der Waals surface area contributed by atoms with Crippen LogP contribution in [0, 0.1) is 0 Å². The van der Waals surface area contributed by atoms with Gasteiger partial charge in [0.15, 0.2) is 0 Å². The summed E-state index contributed by atoms with van der Waals surface area (Å²) in [5.74, 6) is -1.15. The van der Waals surface area contributed by atoms with Gasteiger partial charge in [0.2, 0.25) is 0 Å². The van der Waals surface area contributed by atoms with Gasteiger partial charge in [-0.05, 0) is 56.8 Å². The summed E-state index contributed by atoms with van der Waals surface area (Å²) < 4.78 is 11.1. The molecular weight excluding hydrogens is 438 g/mol. The van der Waals surface area contributed by atoms with E-state index in [-0.39, 0.29) is 28.0 Å². The molecule has 6 nitrogen and oxygen atoms in total. The van der Waals surface area contributed by atoms with E-state index in [1.165, 1.54) is 16.2 Å². The van der Waals surface area contributed by atoms with Crippen LogP contribution in [0.4, 0.5) is 0 Å². The van der Waals surface area contributed by atoms with Gasteiger partial charge >= 0.3 is 0 Å². The van der Waals surface area contributed by atoms with Crippen molar-refractivity contribution in [1.29, 1.82) is 0 Å². The van der Waals surface area contributed by atoms with Gasteiger partial charge in [0.05, 0.1) is 29.3 Å². The zero-order valence-electron chi connectivity index (χ0n) is 17.8. The minimum absolute atomic E-state index is 0.0350. The van der Waals surface area contributed by atoms with Crippen LogP contribution in [0.5, 0.6) is 5.75 Å². The van der Waals surface area contributed by atoms with Gasteiger partial charge in [-0.1, -0.05) is 17.7 Å². The Morgan fingerprint density at radius 3 is 2.71 bits per heavy atom. The molecule has 2 aromatic rings. The molecule has 1 N–H and O–H groups in total. The number of thiophene rings is 1. The third-order valence-corrected chi connectivity index (χ3v) is 6.11. The molecule has 8 heteroatoms. The monoisotopic (exact) mass is 463 g/mol. The quantitative estimate of drug-likeness (QED) is 0.244. The molecule has 0 spiro atoms. The lowest BCUT2D eigenvalue weighted by Gasteiger charge is -2.24. The van der Waals surface area contributed by atoms with Crippen molar-refractivity contribution in [2.45, 2.75) is 39.3 Å². The Labute approximate surface area is 191 Å². The standard InChI is InChI=1S/C23H26ClNO5S/c1-4-29-15-8-9-17(24)16(13-15)21(26)19-20(18-7-5-12-31-18)25(23(28)22(19)27)10-6-11-30-14(2)3/h5,7-9,12-14,20,26H,4,6,10-11H2,1-3H3/b21-19-. The Balaban J connectivity index is 2.02. The van der Waals surface area contributed by atoms with Crippen LogP contribution < -0.4 is 4.74 Å². The Hall–Kier alpha value is -2.35. The number of ketones is 1. The number of benzene rings is 1. The molecule has 166 valence electrons. The molecule has 2 heterocycles. The van der Waals surface area contributed by atoms with E-state index in [2.05, 4.69) is 0 Å². The molecule has 0 bridgehead atoms. The van der Waals surface area contributed by atoms with Crippen molar-refractivity contribution in [3.8, 4) is 5.75 Å². The molecule has 1 aliphatic heterocycles. The number of likely N-dealkylation sites (tertiary alicyclic amines) is 1. The summed E-state index contributed by atoms with van der Waals surface area (Å²) in [6.07, 6.45) is 0.663. The highest BCUT2D eigenvalue weighted by Crippen LogP contribution is 2.42. The summed E-state index contributed by atoms with van der Waals surface area (Å²) >= 11 is 7.74. The molecule has 1 unspecified atom stereocenters. The van der Waals surface area contributed by atoms with E-state index in [1.807, 2.05) is 38.3 Å². The van der Waals surface area contributed by atoms with E-state index < -0.39 is 17.7 Å². The molecule has 0 aliphatic carbocycles. The molecule has 1 aromatic heterocycles. The van der Waals surface area contributed by atoms with Crippen molar-refractivity contribution >= 4 is 40.4 Å². The maximum atomic E-state index is 13.0. The number of carbonyl (C=O) groups excluding carboxylic acids is 2. The van der Waals surface area contributed by atoms with Gasteiger partial charge in [-0.2, -0.15) is 0 Å². The van der Waals surface area contributed by atoms with E-state index in [0.29, 0.717) is 31.9 Å². The highest BCUT2D eigenvalue weighted by Gasteiger charge is 2.46. The van der Waals surface area contributed by atoms with Crippen LogP contribution in [0.2, 0.25) is 5.02 Å². The predicted molar refractivity (Wildman–Crippen MR) is 122 cm³/mol. The number of aliphatic hydroxyl groups is 1. The number of Topliss-reactive ketones (excluding diaryl/α,β-unsaturated/α-hetero) is 1. The number of hydrogen-bond acceptors (Lipinski definition) is 6. The molecule has 0 radical (unpaired) electrons. The van der Waals surface area contributed by atoms with Crippen molar-refractivity contribution in [3.63, 3.8) is 0 Å². The number of ether oxygens (including phenoxy) is 2.